The van der Waals surface area contributed by atoms with Crippen LogP contribution in [0.15, 0.2) is 30.3 Å². The minimum atomic E-state index is -2.79. The fourth-order valence-electron chi connectivity index (χ4n) is 0.832. The zero-order valence-corrected chi connectivity index (χ0v) is 7.30. The Morgan fingerprint density at radius 1 is 1.57 bits per heavy atom. The van der Waals surface area contributed by atoms with E-state index in [-0.39, 0.29) is 6.61 Å². The highest BCUT2D eigenvalue weighted by atomic mass is 16.5. The van der Waals surface area contributed by atoms with Crippen molar-refractivity contribution in [2.75, 3.05) is 0 Å². The average Bonchev–Trinajstić information content (AvgIpc) is 2.27. The average molecular weight is 193 g/mol. The lowest BCUT2D eigenvalue weighted by Crippen LogP contribution is -2.14. The molecule has 0 atom stereocenters. The molecule has 0 unspecified atom stereocenters. The van der Waals surface area contributed by atoms with Crippen LogP contribution in [0.5, 0.6) is 0 Å². The predicted molar refractivity (Wildman–Crippen MR) is 50.5 cm³/mol. The van der Waals surface area contributed by atoms with Crippen LogP contribution in [0.2, 0.25) is 0 Å². The van der Waals surface area contributed by atoms with Gasteiger partial charge in [0.25, 0.3) is 0 Å². The molecule has 0 aliphatic heterocycles. The quantitative estimate of drug-likeness (QED) is 0.315. The number of hydrogen-bond donors (Lipinski definition) is 0. The number of carbonyl (C=O) groups excluding carboxylic acids is 1. The van der Waals surface area contributed by atoms with E-state index >= 15 is 0 Å². The number of ether oxygens (including phenoxy) is 1. The second kappa shape index (κ2) is 4.94. The Bertz CT molecular complexity index is 450. The van der Waals surface area contributed by atoms with Crippen LogP contribution in [-0.2, 0) is 16.1 Å². The largest absolute Gasteiger partial charge is 0.452 e. The first-order valence-electron chi connectivity index (χ1n) is 5.38. The first-order chi connectivity index (χ1) is 7.95. The van der Waals surface area contributed by atoms with E-state index in [2.05, 4.69) is 4.79 Å². The van der Waals surface area contributed by atoms with E-state index < -0.39 is 18.5 Å². The topological polar surface area (TPSA) is 62.7 Å². The zero-order valence-electron chi connectivity index (χ0n) is 10.3. The van der Waals surface area contributed by atoms with Gasteiger partial charge in [-0.2, -0.15) is 4.79 Å². The third kappa shape index (κ3) is 2.84. The van der Waals surface area contributed by atoms with E-state index in [1.807, 2.05) is 0 Å². The van der Waals surface area contributed by atoms with E-state index in [1.54, 1.807) is 30.3 Å². The van der Waals surface area contributed by atoms with Crippen molar-refractivity contribution in [3.8, 4) is 0 Å². The fourth-order valence-corrected chi connectivity index (χ4v) is 0.832. The number of nitrogens with zero attached hydrogens (tertiary/aromatic N) is 2. The van der Waals surface area contributed by atoms with Crippen LogP contribution in [0, 0.1) is 0 Å². The lowest BCUT2D eigenvalue weighted by atomic mass is 10.2. The molecule has 1 rings (SSSR count). The molecule has 14 heavy (non-hydrogen) atoms. The molecule has 72 valence electrons. The van der Waals surface area contributed by atoms with Gasteiger partial charge in [-0.25, -0.2) is 4.79 Å². The highest BCUT2D eigenvalue weighted by Crippen LogP contribution is 2.00. The smallest absolute Gasteiger partial charge is 0.416 e. The lowest BCUT2D eigenvalue weighted by Gasteiger charge is -2.00. The van der Waals surface area contributed by atoms with Crippen molar-refractivity contribution in [1.82, 2.24) is 0 Å². The molecule has 4 nitrogen and oxygen atoms in total. The molecular formula is C10H10N2O2. The second-order valence-corrected chi connectivity index (χ2v) is 2.51. The Balaban J connectivity index is 2.65. The number of rotatable bonds is 3. The van der Waals surface area contributed by atoms with Crippen molar-refractivity contribution < 1.29 is 18.4 Å². The standard InChI is InChI=1S/C10H10N2O2/c1-8(12-11)10(13)14-7-9-5-3-2-4-6-9/h2-6H,7H2,1H3/i1D3. The van der Waals surface area contributed by atoms with Gasteiger partial charge in [0.2, 0.25) is 0 Å². The van der Waals surface area contributed by atoms with Crippen LogP contribution in [0.25, 0.3) is 5.53 Å². The van der Waals surface area contributed by atoms with Crippen LogP contribution >= 0.6 is 0 Å². The first kappa shape index (κ1) is 6.51. The Kier molecular flexibility index (Phi) is 2.30. The van der Waals surface area contributed by atoms with Gasteiger partial charge in [0.15, 0.2) is 0 Å². The fraction of sp³-hybridized carbons (Fsp3) is 0.200. The number of esters is 1. The molecule has 0 fully saturated rings. The minimum Gasteiger partial charge on any atom is -0.452 e. The normalized spacial score (nSPS) is 13.0. The van der Waals surface area contributed by atoms with E-state index in [1.165, 1.54) is 0 Å². The first-order valence-corrected chi connectivity index (χ1v) is 3.88. The molecule has 1 aromatic rings. The Labute approximate surface area is 86.0 Å². The molecule has 1 aromatic carbocycles. The molecule has 0 aliphatic carbocycles. The van der Waals surface area contributed by atoms with Crippen LogP contribution in [0.4, 0.5) is 0 Å². The van der Waals surface area contributed by atoms with Crippen molar-refractivity contribution in [3.63, 3.8) is 0 Å². The molecule has 0 saturated heterocycles. The molecule has 0 N–H and O–H groups in total. The molecule has 0 heterocycles. The van der Waals surface area contributed by atoms with Crippen LogP contribution in [0.1, 0.15) is 16.5 Å². The summed E-state index contributed by atoms with van der Waals surface area (Å²) in [5.41, 5.74) is 8.19. The van der Waals surface area contributed by atoms with E-state index in [0.29, 0.717) is 5.56 Å². The molecule has 0 saturated carbocycles. The van der Waals surface area contributed by atoms with Gasteiger partial charge in [0, 0.05) is 11.0 Å². The van der Waals surface area contributed by atoms with Gasteiger partial charge >= 0.3 is 11.7 Å². The van der Waals surface area contributed by atoms with Gasteiger partial charge in [0.05, 0.1) is 0 Å². The summed E-state index contributed by atoms with van der Waals surface area (Å²) in [6.45, 7) is -2.86. The molecule has 4 heteroatoms. The summed E-state index contributed by atoms with van der Waals surface area (Å²) in [6.07, 6.45) is 0. The SMILES string of the molecule is [2H]C([2H])([2H])C(=[N+]=[N-])C(=O)OCc1ccccc1. The number of benzene rings is 1. The van der Waals surface area contributed by atoms with Crippen molar-refractivity contribution in [2.45, 2.75) is 13.5 Å². The molecule has 0 radical (unpaired) electrons. The van der Waals surface area contributed by atoms with Crippen molar-refractivity contribution >= 4 is 11.7 Å². The maximum atomic E-state index is 11.3. The minimum absolute atomic E-state index is 0.0746. The van der Waals surface area contributed by atoms with Gasteiger partial charge in [-0.3, -0.25) is 0 Å². The Morgan fingerprint density at radius 3 is 2.86 bits per heavy atom. The van der Waals surface area contributed by atoms with Crippen molar-refractivity contribution in [2.24, 2.45) is 0 Å². The molecule has 0 aliphatic rings. The number of hydrogen-bond acceptors (Lipinski definition) is 2. The lowest BCUT2D eigenvalue weighted by molar-refractivity contribution is -0.141. The summed E-state index contributed by atoms with van der Waals surface area (Å²) in [6, 6.07) is 8.76. The third-order valence-corrected chi connectivity index (χ3v) is 1.51. The zero-order chi connectivity index (χ0) is 12.9. The summed E-state index contributed by atoms with van der Waals surface area (Å²) in [4.78, 5) is 13.8. The summed E-state index contributed by atoms with van der Waals surface area (Å²) >= 11 is 0. The molecular weight excluding hydrogens is 180 g/mol. The predicted octanol–water partition coefficient (Wildman–Crippen LogP) is 1.42. The highest BCUT2D eigenvalue weighted by molar-refractivity contribution is 6.32. The third-order valence-electron chi connectivity index (χ3n) is 1.51. The van der Waals surface area contributed by atoms with Gasteiger partial charge in [-0.15, -0.1) is 0 Å². The second-order valence-electron chi connectivity index (χ2n) is 2.51. The summed E-state index contributed by atoms with van der Waals surface area (Å²) in [5.74, 6) is -1.16. The van der Waals surface area contributed by atoms with Crippen molar-refractivity contribution in [1.29, 1.82) is 0 Å². The monoisotopic (exact) mass is 193 g/mol. The molecule has 0 amide bonds. The molecule has 0 spiro atoms. The summed E-state index contributed by atoms with van der Waals surface area (Å²) in [5, 5.41) is 0. The Hall–Kier alpha value is -1.93. The maximum Gasteiger partial charge on any atom is 0.416 e. The van der Waals surface area contributed by atoms with Crippen LogP contribution in [-0.4, -0.2) is 16.5 Å². The van der Waals surface area contributed by atoms with E-state index in [4.69, 9.17) is 14.4 Å². The van der Waals surface area contributed by atoms with Gasteiger partial charge in [0.1, 0.15) is 6.61 Å². The maximum absolute atomic E-state index is 11.3. The van der Waals surface area contributed by atoms with Crippen LogP contribution < -0.4 is 0 Å². The summed E-state index contributed by atoms with van der Waals surface area (Å²) in [7, 11) is 0. The van der Waals surface area contributed by atoms with Gasteiger partial charge in [-0.05, 0) is 5.56 Å². The molecule has 0 bridgehead atoms. The number of carbonyl (C=O) groups is 1. The summed E-state index contributed by atoms with van der Waals surface area (Å²) < 4.78 is 25.6. The van der Waals surface area contributed by atoms with Gasteiger partial charge in [-0.1, -0.05) is 30.3 Å². The highest BCUT2D eigenvalue weighted by Gasteiger charge is 2.14. The van der Waals surface area contributed by atoms with Crippen molar-refractivity contribution in [3.05, 3.63) is 41.4 Å². The van der Waals surface area contributed by atoms with Gasteiger partial charge < -0.3 is 10.3 Å². The van der Waals surface area contributed by atoms with E-state index in [0.717, 1.165) is 0 Å². The molecule has 0 aromatic heterocycles. The Morgan fingerprint density at radius 2 is 2.29 bits per heavy atom. The van der Waals surface area contributed by atoms with E-state index in [9.17, 15) is 4.79 Å². The van der Waals surface area contributed by atoms with Crippen LogP contribution in [0.3, 0.4) is 0 Å².